The van der Waals surface area contributed by atoms with Gasteiger partial charge in [0.05, 0.1) is 12.7 Å². The number of morpholine rings is 1. The molecule has 1 unspecified atom stereocenters. The molecule has 2 heterocycles. The molecular weight excluding hydrogens is 328 g/mol. The Bertz CT molecular complexity index is 701. The molecule has 0 bridgehead atoms. The van der Waals surface area contributed by atoms with E-state index in [-0.39, 0.29) is 23.0 Å². The normalized spacial score (nSPS) is 18.5. The van der Waals surface area contributed by atoms with Crippen LogP contribution in [0.2, 0.25) is 5.22 Å². The number of carbonyl (C=O) groups is 1. The lowest BCUT2D eigenvalue weighted by Gasteiger charge is -2.31. The Morgan fingerprint density at radius 3 is 2.92 bits per heavy atom. The Kier molecular flexibility index (Phi) is 5.56. The van der Waals surface area contributed by atoms with Gasteiger partial charge in [-0.3, -0.25) is 9.69 Å². The molecule has 1 saturated heterocycles. The van der Waals surface area contributed by atoms with E-state index in [0.29, 0.717) is 6.54 Å². The molecule has 3 rings (SSSR count). The summed E-state index contributed by atoms with van der Waals surface area (Å²) in [6, 6.07) is 11.4. The monoisotopic (exact) mass is 348 g/mol. The van der Waals surface area contributed by atoms with Crippen LogP contribution in [0.15, 0.2) is 40.8 Å². The molecule has 0 saturated carbocycles. The Morgan fingerprint density at radius 2 is 2.17 bits per heavy atom. The third-order valence-corrected chi connectivity index (χ3v) is 4.18. The first-order valence-corrected chi connectivity index (χ1v) is 8.43. The predicted octanol–water partition coefficient (Wildman–Crippen LogP) is 3.08. The number of hydrogen-bond donors (Lipinski definition) is 1. The standard InChI is InChI=1S/C18H21ClN2O3/c1-13-11-21(7-8-23-13)12-15-4-2-3-14(9-15)10-20-18(22)16-5-6-17(19)24-16/h2-6,9,13H,7-8,10-12H2,1H3,(H,20,22). The van der Waals surface area contributed by atoms with Crippen LogP contribution >= 0.6 is 11.6 Å². The van der Waals surface area contributed by atoms with Crippen LogP contribution in [0.4, 0.5) is 0 Å². The first kappa shape index (κ1) is 17.0. The molecule has 2 aromatic rings. The van der Waals surface area contributed by atoms with Crippen LogP contribution in [0.25, 0.3) is 0 Å². The molecule has 1 atom stereocenters. The second-order valence-corrected chi connectivity index (χ2v) is 6.40. The number of furan rings is 1. The van der Waals surface area contributed by atoms with Crippen LogP contribution in [0.1, 0.15) is 28.6 Å². The predicted molar refractivity (Wildman–Crippen MR) is 92.0 cm³/mol. The minimum Gasteiger partial charge on any atom is -0.440 e. The molecule has 1 amide bonds. The Hall–Kier alpha value is -1.82. The third kappa shape index (κ3) is 4.60. The quantitative estimate of drug-likeness (QED) is 0.902. The average Bonchev–Trinajstić information content (AvgIpc) is 3.00. The molecule has 1 aliphatic heterocycles. The van der Waals surface area contributed by atoms with Gasteiger partial charge in [-0.1, -0.05) is 24.3 Å². The number of ether oxygens (including phenoxy) is 1. The SMILES string of the molecule is CC1CN(Cc2cccc(CNC(=O)c3ccc(Cl)o3)c2)CCO1. The molecule has 24 heavy (non-hydrogen) atoms. The molecule has 5 nitrogen and oxygen atoms in total. The van der Waals surface area contributed by atoms with Gasteiger partial charge in [-0.15, -0.1) is 0 Å². The van der Waals surface area contributed by atoms with Gasteiger partial charge in [0.25, 0.3) is 5.91 Å². The average molecular weight is 349 g/mol. The van der Waals surface area contributed by atoms with Gasteiger partial charge >= 0.3 is 0 Å². The smallest absolute Gasteiger partial charge is 0.287 e. The van der Waals surface area contributed by atoms with Crippen molar-refractivity contribution >= 4 is 17.5 Å². The lowest BCUT2D eigenvalue weighted by atomic mass is 10.1. The summed E-state index contributed by atoms with van der Waals surface area (Å²) in [6.45, 7) is 6.11. The van der Waals surface area contributed by atoms with Gasteiger partial charge < -0.3 is 14.5 Å². The minimum atomic E-state index is -0.269. The number of hydrogen-bond acceptors (Lipinski definition) is 4. The fraction of sp³-hybridized carbons (Fsp3) is 0.389. The van der Waals surface area contributed by atoms with Gasteiger partial charge in [0.2, 0.25) is 0 Å². The van der Waals surface area contributed by atoms with Crippen LogP contribution in [-0.2, 0) is 17.8 Å². The maximum Gasteiger partial charge on any atom is 0.287 e. The van der Waals surface area contributed by atoms with Gasteiger partial charge in [-0.25, -0.2) is 0 Å². The summed E-state index contributed by atoms with van der Waals surface area (Å²) >= 11 is 5.69. The summed E-state index contributed by atoms with van der Waals surface area (Å²) < 4.78 is 10.7. The fourth-order valence-corrected chi connectivity index (χ4v) is 2.98. The van der Waals surface area contributed by atoms with Crippen molar-refractivity contribution in [3.8, 4) is 0 Å². The van der Waals surface area contributed by atoms with Crippen LogP contribution < -0.4 is 5.32 Å². The third-order valence-electron chi connectivity index (χ3n) is 3.97. The van der Waals surface area contributed by atoms with Crippen LogP contribution in [-0.4, -0.2) is 36.6 Å². The molecule has 6 heteroatoms. The number of nitrogens with one attached hydrogen (secondary N) is 1. The number of carbonyl (C=O) groups excluding carboxylic acids is 1. The Labute approximate surface area is 146 Å². The summed E-state index contributed by atoms with van der Waals surface area (Å²) in [7, 11) is 0. The summed E-state index contributed by atoms with van der Waals surface area (Å²) in [5, 5.41) is 3.05. The van der Waals surface area contributed by atoms with Crippen LogP contribution in [0.3, 0.4) is 0 Å². The van der Waals surface area contributed by atoms with Crippen molar-refractivity contribution in [2.24, 2.45) is 0 Å². The molecule has 0 aliphatic carbocycles. The van der Waals surface area contributed by atoms with Crippen LogP contribution in [0.5, 0.6) is 0 Å². The maximum atomic E-state index is 12.0. The summed E-state index contributed by atoms with van der Waals surface area (Å²) in [4.78, 5) is 14.4. The topological polar surface area (TPSA) is 54.7 Å². The zero-order valence-corrected chi connectivity index (χ0v) is 14.4. The second kappa shape index (κ2) is 7.83. The van der Waals surface area contributed by atoms with Gasteiger partial charge in [0.1, 0.15) is 0 Å². The highest BCUT2D eigenvalue weighted by atomic mass is 35.5. The molecular formula is C18H21ClN2O3. The number of rotatable bonds is 5. The number of halogens is 1. The van der Waals surface area contributed by atoms with E-state index >= 15 is 0 Å². The molecule has 1 aromatic heterocycles. The van der Waals surface area contributed by atoms with E-state index in [1.165, 1.54) is 5.56 Å². The molecule has 1 aromatic carbocycles. The molecule has 0 spiro atoms. The molecule has 0 radical (unpaired) electrons. The van der Waals surface area contributed by atoms with E-state index in [0.717, 1.165) is 31.8 Å². The van der Waals surface area contributed by atoms with Crippen molar-refractivity contribution in [3.63, 3.8) is 0 Å². The molecule has 128 valence electrons. The van der Waals surface area contributed by atoms with E-state index in [1.54, 1.807) is 12.1 Å². The van der Waals surface area contributed by atoms with E-state index in [2.05, 4.69) is 29.3 Å². The Balaban J connectivity index is 1.56. The number of benzene rings is 1. The largest absolute Gasteiger partial charge is 0.440 e. The summed E-state index contributed by atoms with van der Waals surface area (Å²) in [5.41, 5.74) is 2.29. The van der Waals surface area contributed by atoms with Crippen molar-refractivity contribution in [2.75, 3.05) is 19.7 Å². The van der Waals surface area contributed by atoms with E-state index < -0.39 is 0 Å². The molecule has 1 fully saturated rings. The van der Waals surface area contributed by atoms with Crippen molar-refractivity contribution in [1.29, 1.82) is 0 Å². The number of nitrogens with zero attached hydrogens (tertiary/aromatic N) is 1. The minimum absolute atomic E-state index is 0.210. The zero-order chi connectivity index (χ0) is 16.9. The van der Waals surface area contributed by atoms with Crippen molar-refractivity contribution in [3.05, 3.63) is 58.5 Å². The van der Waals surface area contributed by atoms with Crippen molar-refractivity contribution in [2.45, 2.75) is 26.1 Å². The fourth-order valence-electron chi connectivity index (χ4n) is 2.84. The zero-order valence-electron chi connectivity index (χ0n) is 13.6. The molecule has 1 aliphatic rings. The first-order valence-electron chi connectivity index (χ1n) is 8.05. The summed E-state index contributed by atoms with van der Waals surface area (Å²) in [6.07, 6.45) is 0.279. The van der Waals surface area contributed by atoms with E-state index in [4.69, 9.17) is 20.8 Å². The van der Waals surface area contributed by atoms with Crippen molar-refractivity contribution < 1.29 is 13.9 Å². The second-order valence-electron chi connectivity index (χ2n) is 6.02. The van der Waals surface area contributed by atoms with Gasteiger partial charge in [0.15, 0.2) is 11.0 Å². The van der Waals surface area contributed by atoms with Gasteiger partial charge in [-0.05, 0) is 41.8 Å². The maximum absolute atomic E-state index is 12.0. The molecule has 1 N–H and O–H groups in total. The Morgan fingerprint density at radius 1 is 1.33 bits per heavy atom. The highest BCUT2D eigenvalue weighted by Crippen LogP contribution is 2.14. The van der Waals surface area contributed by atoms with Crippen molar-refractivity contribution in [1.82, 2.24) is 10.2 Å². The lowest BCUT2D eigenvalue weighted by Crippen LogP contribution is -2.40. The summed E-state index contributed by atoms with van der Waals surface area (Å²) in [5.74, 6) is -0.0484. The van der Waals surface area contributed by atoms with Gasteiger partial charge in [0, 0.05) is 26.2 Å². The first-order chi connectivity index (χ1) is 11.6. The highest BCUT2D eigenvalue weighted by Gasteiger charge is 2.16. The van der Waals surface area contributed by atoms with E-state index in [9.17, 15) is 4.79 Å². The highest BCUT2D eigenvalue weighted by molar-refractivity contribution is 6.29. The lowest BCUT2D eigenvalue weighted by molar-refractivity contribution is -0.0212. The van der Waals surface area contributed by atoms with Crippen LogP contribution in [0, 0.1) is 0 Å². The number of amides is 1. The van der Waals surface area contributed by atoms with E-state index in [1.807, 2.05) is 12.1 Å². The van der Waals surface area contributed by atoms with Gasteiger partial charge in [-0.2, -0.15) is 0 Å².